The summed E-state index contributed by atoms with van der Waals surface area (Å²) in [6.45, 7) is 1.48. The number of likely N-dealkylation sites (N-methyl/N-ethyl adjacent to an activating group) is 1. The van der Waals surface area contributed by atoms with Crippen LogP contribution in [0, 0.1) is 24.5 Å². The quantitative estimate of drug-likeness (QED) is 0.318. The van der Waals surface area contributed by atoms with Gasteiger partial charge in [0.2, 0.25) is 5.91 Å². The fourth-order valence-corrected chi connectivity index (χ4v) is 5.46. The predicted molar refractivity (Wildman–Crippen MR) is 118 cm³/mol. The van der Waals surface area contributed by atoms with Crippen LogP contribution in [-0.2, 0) is 16.0 Å². The van der Waals surface area contributed by atoms with Gasteiger partial charge < -0.3 is 20.5 Å². The molecule has 1 aromatic carbocycles. The van der Waals surface area contributed by atoms with Crippen molar-refractivity contribution in [3.63, 3.8) is 0 Å². The molecule has 2 heterocycles. The van der Waals surface area contributed by atoms with Gasteiger partial charge in [0.05, 0.1) is 5.56 Å². The number of rotatable bonds is 6. The van der Waals surface area contributed by atoms with Crippen LogP contribution in [0.15, 0.2) is 18.2 Å². The lowest BCUT2D eigenvalue weighted by Gasteiger charge is -2.45. The van der Waals surface area contributed by atoms with Crippen LogP contribution >= 0.6 is 0 Å². The topological polar surface area (TPSA) is 109 Å². The molecule has 1 aliphatic heterocycles. The first-order chi connectivity index (χ1) is 16.9. The first-order valence-corrected chi connectivity index (χ1v) is 11.3. The van der Waals surface area contributed by atoms with E-state index in [1.165, 1.54) is 20.0 Å². The number of nitrogens with zero attached hydrogens (tertiary/aromatic N) is 1. The van der Waals surface area contributed by atoms with Crippen LogP contribution < -0.4 is 16.0 Å². The number of benzene rings is 1. The van der Waals surface area contributed by atoms with Crippen LogP contribution in [0.1, 0.15) is 57.4 Å². The highest BCUT2D eigenvalue weighted by Crippen LogP contribution is 2.54. The van der Waals surface area contributed by atoms with Gasteiger partial charge in [0.15, 0.2) is 11.6 Å². The Bertz CT molecular complexity index is 1340. The molecule has 5 rings (SSSR count). The first kappa shape index (κ1) is 24.0. The van der Waals surface area contributed by atoms with Gasteiger partial charge in [-0.2, -0.15) is 0 Å². The van der Waals surface area contributed by atoms with E-state index in [9.17, 15) is 36.7 Å². The molecule has 3 N–H and O–H groups in total. The number of hydrogen-bond donors (Lipinski definition) is 3. The van der Waals surface area contributed by atoms with Crippen LogP contribution in [0.3, 0.4) is 0 Å². The molecule has 2 fully saturated rings. The number of amides is 3. The SMILES string of the molecule is CNC(=O)C1(NC(=O)C(=O)c2c(C)c(C(=O)Nc3ccc(F)c(F)c3)n3c2CC2CC23)CC(F)(F)C1. The summed E-state index contributed by atoms with van der Waals surface area (Å²) in [5.41, 5.74) is -1.15. The Morgan fingerprint density at radius 1 is 1.08 bits per heavy atom. The molecule has 3 aliphatic rings. The fourth-order valence-electron chi connectivity index (χ4n) is 5.46. The Kier molecular flexibility index (Phi) is 5.27. The van der Waals surface area contributed by atoms with E-state index in [1.807, 2.05) is 0 Å². The van der Waals surface area contributed by atoms with Crippen LogP contribution in [0.4, 0.5) is 23.2 Å². The first-order valence-electron chi connectivity index (χ1n) is 11.3. The molecule has 12 heteroatoms. The fraction of sp³-hybridized carbons (Fsp3) is 0.417. The molecular weight excluding hydrogens is 484 g/mol. The number of nitrogens with one attached hydrogen (secondary N) is 3. The smallest absolute Gasteiger partial charge is 0.293 e. The van der Waals surface area contributed by atoms with Gasteiger partial charge in [-0.15, -0.1) is 0 Å². The molecule has 2 aliphatic carbocycles. The van der Waals surface area contributed by atoms with Gasteiger partial charge in [0.25, 0.3) is 23.5 Å². The molecule has 2 unspecified atom stereocenters. The van der Waals surface area contributed by atoms with Crippen molar-refractivity contribution in [2.45, 2.75) is 50.1 Å². The van der Waals surface area contributed by atoms with E-state index in [1.54, 1.807) is 4.57 Å². The normalized spacial score (nSPS) is 22.1. The van der Waals surface area contributed by atoms with E-state index < -0.39 is 59.4 Å². The van der Waals surface area contributed by atoms with E-state index in [-0.39, 0.29) is 34.5 Å². The lowest BCUT2D eigenvalue weighted by Crippen LogP contribution is -2.69. The second-order valence-electron chi connectivity index (χ2n) is 9.67. The summed E-state index contributed by atoms with van der Waals surface area (Å²) in [4.78, 5) is 51.5. The van der Waals surface area contributed by atoms with Gasteiger partial charge in [0.1, 0.15) is 11.2 Å². The number of carbonyl (C=O) groups is 4. The maximum atomic E-state index is 13.6. The van der Waals surface area contributed by atoms with E-state index in [2.05, 4.69) is 16.0 Å². The van der Waals surface area contributed by atoms with Crippen molar-refractivity contribution in [3.8, 4) is 0 Å². The van der Waals surface area contributed by atoms with Crippen molar-refractivity contribution in [2.75, 3.05) is 12.4 Å². The molecule has 0 bridgehead atoms. The van der Waals surface area contributed by atoms with Gasteiger partial charge in [-0.3, -0.25) is 19.2 Å². The van der Waals surface area contributed by atoms with Crippen molar-refractivity contribution >= 4 is 29.2 Å². The summed E-state index contributed by atoms with van der Waals surface area (Å²) in [6, 6.07) is 2.83. The molecule has 190 valence electrons. The molecule has 2 aromatic rings. The molecule has 2 saturated carbocycles. The molecule has 36 heavy (non-hydrogen) atoms. The summed E-state index contributed by atoms with van der Waals surface area (Å²) in [5, 5.41) is 6.93. The number of Topliss-reactive ketones (excluding diaryl/α,β-unsaturated/α-hetero) is 1. The number of ketones is 1. The third-order valence-corrected chi connectivity index (χ3v) is 7.18. The molecule has 3 amide bonds. The number of alkyl halides is 2. The monoisotopic (exact) mass is 506 g/mol. The van der Waals surface area contributed by atoms with E-state index in [0.717, 1.165) is 18.6 Å². The van der Waals surface area contributed by atoms with Gasteiger partial charge in [-0.1, -0.05) is 0 Å². The van der Waals surface area contributed by atoms with Crippen molar-refractivity contribution in [3.05, 3.63) is 52.3 Å². The van der Waals surface area contributed by atoms with E-state index >= 15 is 0 Å². The van der Waals surface area contributed by atoms with Gasteiger partial charge in [0, 0.05) is 43.4 Å². The van der Waals surface area contributed by atoms with Crippen molar-refractivity contribution in [2.24, 2.45) is 5.92 Å². The third kappa shape index (κ3) is 3.66. The Hall–Kier alpha value is -3.70. The molecule has 2 atom stereocenters. The van der Waals surface area contributed by atoms with Crippen LogP contribution in [-0.4, -0.2) is 46.6 Å². The molecule has 0 spiro atoms. The number of carbonyl (C=O) groups excluding carboxylic acids is 4. The summed E-state index contributed by atoms with van der Waals surface area (Å²) >= 11 is 0. The average Bonchev–Trinajstić information content (AvgIpc) is 3.37. The summed E-state index contributed by atoms with van der Waals surface area (Å²) in [7, 11) is 1.24. The summed E-state index contributed by atoms with van der Waals surface area (Å²) < 4.78 is 55.8. The minimum atomic E-state index is -3.15. The zero-order valence-electron chi connectivity index (χ0n) is 19.3. The van der Waals surface area contributed by atoms with Gasteiger partial charge >= 0.3 is 0 Å². The van der Waals surface area contributed by atoms with Crippen LogP contribution in [0.2, 0.25) is 0 Å². The number of anilines is 1. The predicted octanol–water partition coefficient (Wildman–Crippen LogP) is 2.66. The standard InChI is InChI=1S/C24H22F4N4O4/c1-10-17(19(33)21(35)31-23(22(36)29-2)8-24(27,28)9-23)16-6-11-5-15(11)32(16)18(10)20(34)30-12-3-4-13(25)14(26)7-12/h3-4,7,11,15H,5-6,8-9H2,1-2H3,(H,29,36)(H,30,34)(H,31,35). The summed E-state index contributed by atoms with van der Waals surface area (Å²) in [5.74, 6) is -8.96. The number of aromatic nitrogens is 1. The minimum absolute atomic E-state index is 0.00300. The van der Waals surface area contributed by atoms with E-state index in [0.29, 0.717) is 12.1 Å². The highest BCUT2D eigenvalue weighted by atomic mass is 19.3. The van der Waals surface area contributed by atoms with Gasteiger partial charge in [-0.05, 0) is 43.4 Å². The van der Waals surface area contributed by atoms with E-state index in [4.69, 9.17) is 0 Å². The number of hydrogen-bond acceptors (Lipinski definition) is 4. The number of halogens is 4. The lowest BCUT2D eigenvalue weighted by atomic mass is 9.72. The molecule has 1 aromatic heterocycles. The Morgan fingerprint density at radius 2 is 1.78 bits per heavy atom. The third-order valence-electron chi connectivity index (χ3n) is 7.18. The van der Waals surface area contributed by atoms with Crippen molar-refractivity contribution in [1.29, 1.82) is 0 Å². The zero-order chi connectivity index (χ0) is 26.2. The second kappa shape index (κ2) is 7.90. The second-order valence-corrected chi connectivity index (χ2v) is 9.67. The maximum Gasteiger partial charge on any atom is 0.293 e. The molecule has 8 nitrogen and oxygen atoms in total. The minimum Gasteiger partial charge on any atom is -0.357 e. The van der Waals surface area contributed by atoms with Crippen molar-refractivity contribution < 1.29 is 36.7 Å². The number of fused-ring (bicyclic) bond motifs is 3. The molecule has 0 radical (unpaired) electrons. The van der Waals surface area contributed by atoms with Crippen LogP contribution in [0.5, 0.6) is 0 Å². The van der Waals surface area contributed by atoms with Crippen LogP contribution in [0.25, 0.3) is 0 Å². The zero-order valence-corrected chi connectivity index (χ0v) is 19.3. The molecule has 0 saturated heterocycles. The lowest BCUT2D eigenvalue weighted by molar-refractivity contribution is -0.164. The average molecular weight is 506 g/mol. The Balaban J connectivity index is 1.45. The maximum absolute atomic E-state index is 13.6. The van der Waals surface area contributed by atoms with Crippen molar-refractivity contribution in [1.82, 2.24) is 15.2 Å². The Morgan fingerprint density at radius 3 is 2.39 bits per heavy atom. The highest BCUT2D eigenvalue weighted by molar-refractivity contribution is 6.44. The highest BCUT2D eigenvalue weighted by Gasteiger charge is 2.62. The van der Waals surface area contributed by atoms with Gasteiger partial charge in [-0.25, -0.2) is 17.6 Å². The Labute approximate surface area is 202 Å². The summed E-state index contributed by atoms with van der Waals surface area (Å²) in [6.07, 6.45) is -0.645. The molecular formula is C24H22F4N4O4. The largest absolute Gasteiger partial charge is 0.357 e.